The molecule has 0 atom stereocenters. The number of anilines is 1. The number of fused-ring (bicyclic) bond motifs is 3. The number of hydrogen-bond acceptors (Lipinski definition) is 3. The van der Waals surface area contributed by atoms with E-state index in [9.17, 15) is 26.7 Å². The molecular formula is C20H12F5N3O3. The highest BCUT2D eigenvalue weighted by Gasteiger charge is 2.61. The number of imidazole rings is 1. The van der Waals surface area contributed by atoms with Gasteiger partial charge >= 0.3 is 18.4 Å². The fourth-order valence-electron chi connectivity index (χ4n) is 3.10. The molecule has 0 saturated heterocycles. The van der Waals surface area contributed by atoms with E-state index in [4.69, 9.17) is 5.11 Å². The average molecular weight is 437 g/mol. The van der Waals surface area contributed by atoms with Gasteiger partial charge in [-0.15, -0.1) is 0 Å². The second-order valence-corrected chi connectivity index (χ2v) is 6.52. The molecule has 3 aromatic carbocycles. The molecule has 6 nitrogen and oxygen atoms in total. The summed E-state index contributed by atoms with van der Waals surface area (Å²) < 4.78 is 68.4. The third kappa shape index (κ3) is 3.81. The van der Waals surface area contributed by atoms with Crippen molar-refractivity contribution in [2.45, 2.75) is 12.3 Å². The molecule has 1 heterocycles. The first kappa shape index (κ1) is 20.4. The third-order valence-corrected chi connectivity index (χ3v) is 4.47. The van der Waals surface area contributed by atoms with Crippen molar-refractivity contribution in [1.82, 2.24) is 9.55 Å². The van der Waals surface area contributed by atoms with E-state index in [1.165, 1.54) is 18.5 Å². The molecule has 0 radical (unpaired) electrons. The van der Waals surface area contributed by atoms with E-state index in [0.717, 1.165) is 22.9 Å². The molecule has 0 aliphatic carbocycles. The van der Waals surface area contributed by atoms with E-state index in [-0.39, 0.29) is 0 Å². The van der Waals surface area contributed by atoms with Gasteiger partial charge in [-0.1, -0.05) is 12.1 Å². The van der Waals surface area contributed by atoms with E-state index in [0.29, 0.717) is 22.4 Å². The first-order valence-corrected chi connectivity index (χ1v) is 8.69. The summed E-state index contributed by atoms with van der Waals surface area (Å²) in [5, 5.41) is 12.6. The monoisotopic (exact) mass is 437 g/mol. The predicted octanol–water partition coefficient (Wildman–Crippen LogP) is 5.80. The zero-order valence-electron chi connectivity index (χ0n) is 15.3. The number of carbonyl (C=O) groups is 1. The molecule has 31 heavy (non-hydrogen) atoms. The Kier molecular flexibility index (Phi) is 4.68. The standard InChI is InChI=1S/C20H12F5N3O3/c21-19(22,23)20(24,25)31-14-5-3-13(4-6-14)28-10-26-17-15-7-2-12(27-18(29)30)9-11(15)1-8-16(17)28/h1-10,27H,(H,29,30). The van der Waals surface area contributed by atoms with E-state index in [2.05, 4.69) is 15.0 Å². The first-order chi connectivity index (χ1) is 14.5. The van der Waals surface area contributed by atoms with E-state index in [1.54, 1.807) is 34.9 Å². The molecule has 0 saturated carbocycles. The molecule has 0 unspecified atom stereocenters. The van der Waals surface area contributed by atoms with Gasteiger partial charge in [-0.2, -0.15) is 22.0 Å². The van der Waals surface area contributed by atoms with Crippen LogP contribution in [0, 0.1) is 0 Å². The van der Waals surface area contributed by atoms with Crippen molar-refractivity contribution in [3.05, 3.63) is 60.9 Å². The Morgan fingerprint density at radius 3 is 2.35 bits per heavy atom. The summed E-state index contributed by atoms with van der Waals surface area (Å²) in [5.74, 6) is -0.639. The van der Waals surface area contributed by atoms with Crippen molar-refractivity contribution in [3.63, 3.8) is 0 Å². The van der Waals surface area contributed by atoms with Crippen molar-refractivity contribution in [3.8, 4) is 11.4 Å². The summed E-state index contributed by atoms with van der Waals surface area (Å²) in [6.45, 7) is 0. The van der Waals surface area contributed by atoms with Crippen molar-refractivity contribution < 1.29 is 36.6 Å². The van der Waals surface area contributed by atoms with Gasteiger partial charge in [0, 0.05) is 16.8 Å². The number of hydrogen-bond donors (Lipinski definition) is 2. The number of rotatable bonds is 4. The fraction of sp³-hybridized carbons (Fsp3) is 0.100. The number of alkyl halides is 5. The summed E-state index contributed by atoms with van der Waals surface area (Å²) in [5.41, 5.74) is 2.11. The normalized spacial score (nSPS) is 12.3. The summed E-state index contributed by atoms with van der Waals surface area (Å²) in [6, 6.07) is 13.1. The number of amides is 1. The van der Waals surface area contributed by atoms with Crippen molar-refractivity contribution in [2.75, 3.05) is 5.32 Å². The number of halogens is 5. The van der Waals surface area contributed by atoms with Crippen LogP contribution in [0.3, 0.4) is 0 Å². The molecule has 0 spiro atoms. The van der Waals surface area contributed by atoms with Crippen LogP contribution in [0.2, 0.25) is 0 Å². The molecule has 11 heteroatoms. The molecule has 160 valence electrons. The number of nitrogens with one attached hydrogen (secondary N) is 1. The van der Waals surface area contributed by atoms with Gasteiger partial charge in [0.2, 0.25) is 0 Å². The second-order valence-electron chi connectivity index (χ2n) is 6.52. The van der Waals surface area contributed by atoms with E-state index < -0.39 is 24.1 Å². The minimum absolute atomic E-state index is 0.394. The Hall–Kier alpha value is -3.89. The van der Waals surface area contributed by atoms with Gasteiger partial charge in [0.05, 0.1) is 11.0 Å². The molecule has 2 N–H and O–H groups in total. The van der Waals surface area contributed by atoms with Gasteiger partial charge in [-0.25, -0.2) is 9.78 Å². The lowest BCUT2D eigenvalue weighted by atomic mass is 10.1. The van der Waals surface area contributed by atoms with Crippen molar-refractivity contribution in [2.24, 2.45) is 0 Å². The second kappa shape index (κ2) is 7.11. The van der Waals surface area contributed by atoms with Gasteiger partial charge in [-0.05, 0) is 47.9 Å². The molecule has 0 aliphatic rings. The van der Waals surface area contributed by atoms with Gasteiger partial charge in [-0.3, -0.25) is 9.88 Å². The topological polar surface area (TPSA) is 76.4 Å². The van der Waals surface area contributed by atoms with Gasteiger partial charge in [0.15, 0.2) is 0 Å². The minimum Gasteiger partial charge on any atom is -0.465 e. The van der Waals surface area contributed by atoms with Crippen LogP contribution in [0.25, 0.3) is 27.5 Å². The van der Waals surface area contributed by atoms with Gasteiger partial charge in [0.1, 0.15) is 12.1 Å². The Labute approximate surface area is 170 Å². The minimum atomic E-state index is -5.83. The molecular weight excluding hydrogens is 425 g/mol. The van der Waals surface area contributed by atoms with Crippen molar-refractivity contribution >= 4 is 33.6 Å². The molecule has 0 bridgehead atoms. The highest BCUT2D eigenvalue weighted by Crippen LogP contribution is 2.37. The first-order valence-electron chi connectivity index (χ1n) is 8.69. The summed E-state index contributed by atoms with van der Waals surface area (Å²) in [7, 11) is 0. The lowest BCUT2D eigenvalue weighted by Gasteiger charge is -2.20. The van der Waals surface area contributed by atoms with Crippen LogP contribution in [0.5, 0.6) is 5.75 Å². The van der Waals surface area contributed by atoms with Crippen LogP contribution in [0.4, 0.5) is 32.4 Å². The largest absolute Gasteiger partial charge is 0.499 e. The number of nitrogens with zero attached hydrogens (tertiary/aromatic N) is 2. The van der Waals surface area contributed by atoms with Crippen LogP contribution in [0.1, 0.15) is 0 Å². The van der Waals surface area contributed by atoms with E-state index in [1.807, 2.05) is 0 Å². The SMILES string of the molecule is O=C(O)Nc1ccc2c(ccc3c2ncn3-c2ccc(OC(F)(F)C(F)(F)F)cc2)c1. The Morgan fingerprint density at radius 2 is 1.71 bits per heavy atom. The average Bonchev–Trinajstić information content (AvgIpc) is 3.11. The lowest BCUT2D eigenvalue weighted by molar-refractivity contribution is -0.360. The quantitative estimate of drug-likeness (QED) is 0.396. The highest BCUT2D eigenvalue weighted by atomic mass is 19.4. The number of benzene rings is 3. The smallest absolute Gasteiger partial charge is 0.465 e. The lowest BCUT2D eigenvalue weighted by Crippen LogP contribution is -2.41. The summed E-state index contributed by atoms with van der Waals surface area (Å²) in [6.07, 6.45) is -10.8. The predicted molar refractivity (Wildman–Crippen MR) is 102 cm³/mol. The van der Waals surface area contributed by atoms with Crippen molar-refractivity contribution in [1.29, 1.82) is 0 Å². The molecule has 4 rings (SSSR count). The molecule has 0 aliphatic heterocycles. The highest BCUT2D eigenvalue weighted by molar-refractivity contribution is 6.06. The molecule has 1 aromatic heterocycles. The summed E-state index contributed by atoms with van der Waals surface area (Å²) >= 11 is 0. The van der Waals surface area contributed by atoms with E-state index >= 15 is 0 Å². The Morgan fingerprint density at radius 1 is 1.00 bits per heavy atom. The molecule has 0 fully saturated rings. The van der Waals surface area contributed by atoms with Crippen LogP contribution in [-0.4, -0.2) is 33.0 Å². The molecule has 4 aromatic rings. The van der Waals surface area contributed by atoms with Gasteiger partial charge < -0.3 is 9.84 Å². The van der Waals surface area contributed by atoms with Crippen LogP contribution in [-0.2, 0) is 0 Å². The number of carboxylic acid groups (broad SMARTS) is 1. The Balaban J connectivity index is 1.67. The van der Waals surface area contributed by atoms with Crippen LogP contribution >= 0.6 is 0 Å². The summed E-state index contributed by atoms with van der Waals surface area (Å²) in [4.78, 5) is 15.1. The van der Waals surface area contributed by atoms with Crippen LogP contribution < -0.4 is 10.1 Å². The zero-order chi connectivity index (χ0) is 22.4. The number of ether oxygens (including phenoxy) is 1. The third-order valence-electron chi connectivity index (χ3n) is 4.47. The maximum atomic E-state index is 13.0. The Bertz CT molecular complexity index is 1280. The fourth-order valence-corrected chi connectivity index (χ4v) is 3.10. The zero-order valence-corrected chi connectivity index (χ0v) is 15.3. The van der Waals surface area contributed by atoms with Gasteiger partial charge in [0.25, 0.3) is 0 Å². The molecule has 1 amide bonds. The van der Waals surface area contributed by atoms with Crippen LogP contribution in [0.15, 0.2) is 60.9 Å². The number of aromatic nitrogens is 2. The maximum Gasteiger partial charge on any atom is 0.499 e. The maximum absolute atomic E-state index is 13.0.